The second-order valence-electron chi connectivity index (χ2n) is 2.20. The number of halogens is 2. The number of nitrogens with zero attached hydrogens (tertiary/aromatic N) is 1. The van der Waals surface area contributed by atoms with Gasteiger partial charge in [0.15, 0.2) is 5.03 Å². The van der Waals surface area contributed by atoms with Gasteiger partial charge < -0.3 is 0 Å². The maximum absolute atomic E-state index is 12.6. The quantitative estimate of drug-likeness (QED) is 0.658. The van der Waals surface area contributed by atoms with Crippen molar-refractivity contribution in [2.75, 3.05) is 0 Å². The van der Waals surface area contributed by atoms with Crippen LogP contribution < -0.4 is 0 Å². The van der Waals surface area contributed by atoms with Crippen molar-refractivity contribution in [3.8, 4) is 0 Å². The maximum Gasteiger partial charge on any atom is 0.278 e. The van der Waals surface area contributed by atoms with E-state index in [1.807, 2.05) is 0 Å². The van der Waals surface area contributed by atoms with E-state index in [1.165, 1.54) is 6.92 Å². The highest BCUT2D eigenvalue weighted by atomic mass is 35.7. The third kappa shape index (κ3) is 2.15. The third-order valence-electron chi connectivity index (χ3n) is 1.14. The summed E-state index contributed by atoms with van der Waals surface area (Å²) >= 11 is 0. The molecule has 0 bridgehead atoms. The van der Waals surface area contributed by atoms with Crippen molar-refractivity contribution in [3.63, 3.8) is 0 Å². The molecule has 0 aliphatic heterocycles. The van der Waals surface area contributed by atoms with Crippen LogP contribution in [0.15, 0.2) is 17.2 Å². The first-order chi connectivity index (χ1) is 5.39. The van der Waals surface area contributed by atoms with Crippen LogP contribution in [0, 0.1) is 12.7 Å². The molecule has 0 saturated carbocycles. The van der Waals surface area contributed by atoms with Crippen molar-refractivity contribution >= 4 is 19.7 Å². The second-order valence-corrected chi connectivity index (χ2v) is 4.72. The topological polar surface area (TPSA) is 47.0 Å². The summed E-state index contributed by atoms with van der Waals surface area (Å²) in [5, 5.41) is -0.457. The van der Waals surface area contributed by atoms with Crippen LogP contribution in [-0.4, -0.2) is 13.4 Å². The molecule has 0 atom stereocenters. The van der Waals surface area contributed by atoms with E-state index in [0.29, 0.717) is 0 Å². The Morgan fingerprint density at radius 3 is 2.50 bits per heavy atom. The van der Waals surface area contributed by atoms with Gasteiger partial charge in [0.1, 0.15) is 5.82 Å². The third-order valence-corrected chi connectivity index (χ3v) is 2.33. The minimum Gasteiger partial charge on any atom is -0.240 e. The van der Waals surface area contributed by atoms with Crippen LogP contribution in [0.3, 0.4) is 0 Å². The predicted molar refractivity (Wildman–Crippen MR) is 42.0 cm³/mol. The van der Waals surface area contributed by atoms with Crippen LogP contribution in [0.1, 0.15) is 5.69 Å². The molecule has 12 heavy (non-hydrogen) atoms. The molecule has 0 aliphatic rings. The Labute approximate surface area is 73.6 Å². The smallest absolute Gasteiger partial charge is 0.240 e. The zero-order chi connectivity index (χ0) is 9.35. The molecule has 0 unspecified atom stereocenters. The van der Waals surface area contributed by atoms with Crippen molar-refractivity contribution in [1.82, 2.24) is 4.98 Å². The van der Waals surface area contributed by atoms with Crippen molar-refractivity contribution < 1.29 is 12.8 Å². The molecular formula is C6H5ClFNO2S. The summed E-state index contributed by atoms with van der Waals surface area (Å²) in [6.45, 7) is 1.48. The van der Waals surface area contributed by atoms with Gasteiger partial charge in [-0.15, -0.1) is 0 Å². The summed E-state index contributed by atoms with van der Waals surface area (Å²) in [4.78, 5) is 3.55. The number of rotatable bonds is 1. The van der Waals surface area contributed by atoms with Crippen molar-refractivity contribution in [2.24, 2.45) is 0 Å². The summed E-state index contributed by atoms with van der Waals surface area (Å²) in [5.41, 5.74) is 0.272. The molecule has 6 heteroatoms. The average molecular weight is 210 g/mol. The van der Waals surface area contributed by atoms with Gasteiger partial charge in [-0.1, -0.05) is 0 Å². The summed E-state index contributed by atoms with van der Waals surface area (Å²) in [5.74, 6) is -0.665. The first kappa shape index (κ1) is 9.41. The summed E-state index contributed by atoms with van der Waals surface area (Å²) < 4.78 is 33.9. The van der Waals surface area contributed by atoms with Crippen LogP contribution in [0.5, 0.6) is 0 Å². The zero-order valence-electron chi connectivity index (χ0n) is 6.08. The monoisotopic (exact) mass is 209 g/mol. The lowest BCUT2D eigenvalue weighted by molar-refractivity contribution is 0.594. The van der Waals surface area contributed by atoms with E-state index >= 15 is 0 Å². The van der Waals surface area contributed by atoms with Gasteiger partial charge in [-0.25, -0.2) is 17.8 Å². The first-order valence-corrected chi connectivity index (χ1v) is 5.29. The summed E-state index contributed by atoms with van der Waals surface area (Å²) in [6, 6.07) is 1.89. The van der Waals surface area contributed by atoms with E-state index in [4.69, 9.17) is 10.7 Å². The molecule has 66 valence electrons. The van der Waals surface area contributed by atoms with Crippen LogP contribution in [0.2, 0.25) is 0 Å². The molecule has 0 aromatic carbocycles. The highest BCUT2D eigenvalue weighted by molar-refractivity contribution is 8.13. The first-order valence-electron chi connectivity index (χ1n) is 2.98. The van der Waals surface area contributed by atoms with E-state index in [-0.39, 0.29) is 5.69 Å². The Kier molecular flexibility index (Phi) is 2.34. The minimum atomic E-state index is -3.93. The van der Waals surface area contributed by atoms with Gasteiger partial charge in [0.2, 0.25) is 0 Å². The van der Waals surface area contributed by atoms with Gasteiger partial charge in [-0.2, -0.15) is 0 Å². The number of hydrogen-bond acceptors (Lipinski definition) is 3. The Bertz CT molecular complexity index is 384. The van der Waals surface area contributed by atoms with Gasteiger partial charge in [-0.3, -0.25) is 0 Å². The van der Waals surface area contributed by atoms with Crippen molar-refractivity contribution in [2.45, 2.75) is 11.9 Å². The van der Waals surface area contributed by atoms with E-state index < -0.39 is 19.9 Å². The fourth-order valence-corrected chi connectivity index (χ4v) is 1.47. The average Bonchev–Trinajstić information content (AvgIpc) is 1.82. The summed E-state index contributed by atoms with van der Waals surface area (Å²) in [7, 11) is 1.02. The van der Waals surface area contributed by atoms with Crippen LogP contribution in [0.25, 0.3) is 0 Å². The maximum atomic E-state index is 12.6. The van der Waals surface area contributed by atoms with Crippen LogP contribution >= 0.6 is 10.7 Å². The number of pyridine rings is 1. The molecule has 0 saturated heterocycles. The highest BCUT2D eigenvalue weighted by Gasteiger charge is 2.13. The standard InChI is InChI=1S/C6H5ClFNO2S/c1-4-2-5(8)3-6(9-4)12(7,10)11/h2-3H,1H3. The second kappa shape index (κ2) is 2.99. The largest absolute Gasteiger partial charge is 0.278 e. The van der Waals surface area contributed by atoms with Crippen LogP contribution in [0.4, 0.5) is 4.39 Å². The predicted octanol–water partition coefficient (Wildman–Crippen LogP) is 1.46. The Hall–Kier alpha value is -0.680. The van der Waals surface area contributed by atoms with Gasteiger partial charge in [0.05, 0.1) is 0 Å². The van der Waals surface area contributed by atoms with Gasteiger partial charge in [0.25, 0.3) is 9.05 Å². The highest BCUT2D eigenvalue weighted by Crippen LogP contribution is 2.13. The fourth-order valence-electron chi connectivity index (χ4n) is 0.722. The van der Waals surface area contributed by atoms with Gasteiger partial charge >= 0.3 is 0 Å². The fraction of sp³-hybridized carbons (Fsp3) is 0.167. The SMILES string of the molecule is Cc1cc(F)cc(S(=O)(=O)Cl)n1. The van der Waals surface area contributed by atoms with Gasteiger partial charge in [0, 0.05) is 22.4 Å². The van der Waals surface area contributed by atoms with E-state index in [9.17, 15) is 12.8 Å². The van der Waals surface area contributed by atoms with Crippen LogP contribution in [-0.2, 0) is 9.05 Å². The lowest BCUT2D eigenvalue weighted by atomic mass is 10.4. The molecular weight excluding hydrogens is 205 g/mol. The molecule has 0 fully saturated rings. The normalized spacial score (nSPS) is 11.6. The molecule has 1 aromatic rings. The number of aryl methyl sites for hydroxylation is 1. The molecule has 0 aliphatic carbocycles. The van der Waals surface area contributed by atoms with Gasteiger partial charge in [-0.05, 0) is 13.0 Å². The number of hydrogen-bond donors (Lipinski definition) is 0. The Morgan fingerprint density at radius 1 is 1.50 bits per heavy atom. The number of aromatic nitrogens is 1. The van der Waals surface area contributed by atoms with E-state index in [0.717, 1.165) is 12.1 Å². The molecule has 0 radical (unpaired) electrons. The summed E-state index contributed by atoms with van der Waals surface area (Å²) in [6.07, 6.45) is 0. The Morgan fingerprint density at radius 2 is 2.08 bits per heavy atom. The Balaban J connectivity index is 3.37. The van der Waals surface area contributed by atoms with Crippen molar-refractivity contribution in [3.05, 3.63) is 23.6 Å². The minimum absolute atomic E-state index is 0.272. The molecule has 1 heterocycles. The zero-order valence-corrected chi connectivity index (χ0v) is 7.66. The molecule has 1 rings (SSSR count). The van der Waals surface area contributed by atoms with E-state index in [1.54, 1.807) is 0 Å². The lowest BCUT2D eigenvalue weighted by Gasteiger charge is -1.96. The van der Waals surface area contributed by atoms with Crippen molar-refractivity contribution in [1.29, 1.82) is 0 Å². The molecule has 1 aromatic heterocycles. The molecule has 0 N–H and O–H groups in total. The lowest BCUT2D eigenvalue weighted by Crippen LogP contribution is -1.97. The molecule has 0 spiro atoms. The van der Waals surface area contributed by atoms with E-state index in [2.05, 4.69) is 4.98 Å². The molecule has 0 amide bonds. The molecule has 3 nitrogen and oxygen atoms in total.